The van der Waals surface area contributed by atoms with Gasteiger partial charge in [0.1, 0.15) is 23.4 Å². The third kappa shape index (κ3) is 5.70. The predicted octanol–water partition coefficient (Wildman–Crippen LogP) is 3.62. The summed E-state index contributed by atoms with van der Waals surface area (Å²) in [5.74, 6) is -0.157. The molecule has 0 fully saturated rings. The van der Waals surface area contributed by atoms with Gasteiger partial charge in [-0.3, -0.25) is 14.3 Å². The van der Waals surface area contributed by atoms with E-state index < -0.39 is 30.4 Å². The molecule has 0 radical (unpaired) electrons. The van der Waals surface area contributed by atoms with Gasteiger partial charge < -0.3 is 25.4 Å². The Morgan fingerprint density at radius 1 is 1.24 bits per heavy atom. The minimum Gasteiger partial charge on any atom is -0.497 e. The minimum atomic E-state index is -0.893. The first-order chi connectivity index (χ1) is 19.7. The molecule has 0 aliphatic carbocycles. The van der Waals surface area contributed by atoms with Crippen LogP contribution in [0.5, 0.6) is 5.75 Å². The predicted molar refractivity (Wildman–Crippen MR) is 149 cm³/mol. The van der Waals surface area contributed by atoms with Gasteiger partial charge in [0.15, 0.2) is 0 Å². The molecule has 5 rings (SSSR count). The SMILES string of the molecule is COc1cc(F)cc(C(CO)NC(=O)C(C)N2Cc3ccc(-c4nc(Nc5ccnn5C)ncc4Cl)cc3C2=O)c1. The maximum Gasteiger partial charge on any atom is 0.255 e. The Morgan fingerprint density at radius 3 is 2.76 bits per heavy atom. The molecule has 0 saturated carbocycles. The number of methoxy groups -OCH3 is 1. The number of anilines is 2. The van der Waals surface area contributed by atoms with Crippen molar-refractivity contribution in [3.8, 4) is 17.0 Å². The fourth-order valence-electron chi connectivity index (χ4n) is 4.60. The summed E-state index contributed by atoms with van der Waals surface area (Å²) in [5.41, 5.74) is 2.54. The number of benzene rings is 2. The summed E-state index contributed by atoms with van der Waals surface area (Å²) in [6.07, 6.45) is 3.11. The second-order valence-electron chi connectivity index (χ2n) is 9.50. The molecule has 2 unspecified atom stereocenters. The summed E-state index contributed by atoms with van der Waals surface area (Å²) in [7, 11) is 3.17. The highest BCUT2D eigenvalue weighted by atomic mass is 35.5. The van der Waals surface area contributed by atoms with Crippen molar-refractivity contribution in [3.63, 3.8) is 0 Å². The smallest absolute Gasteiger partial charge is 0.255 e. The number of halogens is 2. The lowest BCUT2D eigenvalue weighted by Gasteiger charge is -2.26. The fourth-order valence-corrected chi connectivity index (χ4v) is 4.80. The van der Waals surface area contributed by atoms with E-state index in [1.54, 1.807) is 43.0 Å². The molecule has 212 valence electrons. The van der Waals surface area contributed by atoms with Gasteiger partial charge in [0, 0.05) is 36.9 Å². The molecule has 2 atom stereocenters. The molecule has 11 nitrogen and oxygen atoms in total. The van der Waals surface area contributed by atoms with Crippen LogP contribution in [-0.2, 0) is 18.4 Å². The van der Waals surface area contributed by atoms with Gasteiger partial charge in [-0.15, -0.1) is 0 Å². The summed E-state index contributed by atoms with van der Waals surface area (Å²) < 4.78 is 20.7. The highest BCUT2D eigenvalue weighted by Crippen LogP contribution is 2.33. The van der Waals surface area contributed by atoms with Gasteiger partial charge in [-0.1, -0.05) is 23.7 Å². The molecule has 0 spiro atoms. The molecule has 4 aromatic rings. The maximum atomic E-state index is 14.0. The Hall–Kier alpha value is -4.55. The number of rotatable bonds is 9. The van der Waals surface area contributed by atoms with Crippen LogP contribution >= 0.6 is 11.6 Å². The van der Waals surface area contributed by atoms with Crippen molar-refractivity contribution in [2.24, 2.45) is 7.05 Å². The normalized spacial score (nSPS) is 14.0. The van der Waals surface area contributed by atoms with Crippen LogP contribution in [0.4, 0.5) is 16.2 Å². The first-order valence-corrected chi connectivity index (χ1v) is 13.0. The van der Waals surface area contributed by atoms with Crippen LogP contribution in [0.2, 0.25) is 5.02 Å². The van der Waals surface area contributed by atoms with Crippen molar-refractivity contribution in [1.29, 1.82) is 0 Å². The highest BCUT2D eigenvalue weighted by molar-refractivity contribution is 6.33. The van der Waals surface area contributed by atoms with E-state index >= 15 is 0 Å². The van der Waals surface area contributed by atoms with E-state index in [9.17, 15) is 19.1 Å². The van der Waals surface area contributed by atoms with E-state index in [0.717, 1.165) is 5.56 Å². The lowest BCUT2D eigenvalue weighted by atomic mass is 10.0. The number of aryl methyl sites for hydroxylation is 1. The van der Waals surface area contributed by atoms with E-state index in [1.807, 2.05) is 6.07 Å². The third-order valence-corrected chi connectivity index (χ3v) is 7.17. The summed E-state index contributed by atoms with van der Waals surface area (Å²) in [6.45, 7) is 1.34. The zero-order valence-corrected chi connectivity index (χ0v) is 23.2. The zero-order chi connectivity index (χ0) is 29.3. The van der Waals surface area contributed by atoms with E-state index in [2.05, 4.69) is 25.7 Å². The van der Waals surface area contributed by atoms with Gasteiger partial charge in [-0.25, -0.2) is 14.4 Å². The molecule has 0 bridgehead atoms. The summed E-state index contributed by atoms with van der Waals surface area (Å²) in [5, 5.41) is 20.1. The molecule has 1 aliphatic rings. The molecule has 3 N–H and O–H groups in total. The van der Waals surface area contributed by atoms with Crippen LogP contribution in [0.15, 0.2) is 54.9 Å². The first-order valence-electron chi connectivity index (χ1n) is 12.7. The van der Waals surface area contributed by atoms with E-state index in [-0.39, 0.29) is 18.2 Å². The quantitative estimate of drug-likeness (QED) is 0.274. The number of ether oxygens (including phenoxy) is 1. The van der Waals surface area contributed by atoms with Crippen LogP contribution < -0.4 is 15.4 Å². The van der Waals surface area contributed by atoms with E-state index in [1.165, 1.54) is 36.4 Å². The van der Waals surface area contributed by atoms with Gasteiger partial charge in [0.05, 0.1) is 42.9 Å². The number of carbonyl (C=O) groups is 2. The molecular weight excluding hydrogens is 553 g/mol. The topological polar surface area (TPSA) is 134 Å². The highest BCUT2D eigenvalue weighted by Gasteiger charge is 2.35. The standard InChI is InChI=1S/C28H27ClFN7O4/c1-15(26(39)33-23(14-38)18-8-19(30)11-20(9-18)41-3)37-13-17-5-4-16(10-21(17)27(37)40)25-22(29)12-31-28(35-25)34-24-6-7-32-36(24)2/h4-12,15,23,38H,13-14H2,1-3H3,(H,33,39)(H,31,34,35). The maximum absolute atomic E-state index is 14.0. The van der Waals surface area contributed by atoms with Crippen molar-refractivity contribution in [1.82, 2.24) is 30.0 Å². The summed E-state index contributed by atoms with van der Waals surface area (Å²) in [4.78, 5) is 36.8. The molecule has 2 amide bonds. The van der Waals surface area contributed by atoms with Crippen molar-refractivity contribution >= 4 is 35.2 Å². The summed E-state index contributed by atoms with van der Waals surface area (Å²) in [6, 6.07) is 9.25. The summed E-state index contributed by atoms with van der Waals surface area (Å²) >= 11 is 6.42. The largest absolute Gasteiger partial charge is 0.497 e. The number of nitrogens with zero attached hydrogens (tertiary/aromatic N) is 5. The van der Waals surface area contributed by atoms with Crippen LogP contribution in [0.1, 0.15) is 34.5 Å². The average Bonchev–Trinajstić information content (AvgIpc) is 3.53. The zero-order valence-electron chi connectivity index (χ0n) is 22.4. The number of nitrogens with one attached hydrogen (secondary N) is 2. The Balaban J connectivity index is 1.33. The number of hydrogen-bond donors (Lipinski definition) is 3. The number of amides is 2. The Labute approximate surface area is 239 Å². The molecule has 1 aliphatic heterocycles. The molecule has 2 aromatic carbocycles. The van der Waals surface area contributed by atoms with Gasteiger partial charge in [-0.2, -0.15) is 5.10 Å². The van der Waals surface area contributed by atoms with Gasteiger partial charge >= 0.3 is 0 Å². The third-order valence-electron chi connectivity index (χ3n) is 6.90. The van der Waals surface area contributed by atoms with Gasteiger partial charge in [0.25, 0.3) is 5.91 Å². The van der Waals surface area contributed by atoms with Crippen LogP contribution in [-0.4, -0.2) is 61.3 Å². The van der Waals surface area contributed by atoms with Crippen molar-refractivity contribution in [2.45, 2.75) is 25.6 Å². The first kappa shape index (κ1) is 28.0. The lowest BCUT2D eigenvalue weighted by Crippen LogP contribution is -2.46. The molecular formula is C28H27ClFN7O4. The van der Waals surface area contributed by atoms with E-state index in [0.29, 0.717) is 39.2 Å². The number of aromatic nitrogens is 4. The lowest BCUT2D eigenvalue weighted by molar-refractivity contribution is -0.126. The number of aliphatic hydroxyl groups excluding tert-OH is 1. The van der Waals surface area contributed by atoms with Crippen LogP contribution in [0, 0.1) is 5.82 Å². The van der Waals surface area contributed by atoms with Gasteiger partial charge in [0.2, 0.25) is 11.9 Å². The Morgan fingerprint density at radius 2 is 2.05 bits per heavy atom. The van der Waals surface area contributed by atoms with Crippen LogP contribution in [0.25, 0.3) is 11.3 Å². The molecule has 13 heteroatoms. The molecule has 0 saturated heterocycles. The fraction of sp³-hybridized carbons (Fsp3) is 0.250. The Kier molecular flexibility index (Phi) is 7.86. The molecule has 2 aromatic heterocycles. The second kappa shape index (κ2) is 11.5. The molecule has 41 heavy (non-hydrogen) atoms. The number of hydrogen-bond acceptors (Lipinski definition) is 8. The minimum absolute atomic E-state index is 0.214. The van der Waals surface area contributed by atoms with Crippen molar-refractivity contribution < 1.29 is 23.8 Å². The molecule has 3 heterocycles. The average molecular weight is 580 g/mol. The number of aliphatic hydroxyl groups is 1. The second-order valence-corrected chi connectivity index (χ2v) is 9.91. The van der Waals surface area contributed by atoms with Crippen LogP contribution in [0.3, 0.4) is 0 Å². The van der Waals surface area contributed by atoms with Gasteiger partial charge in [-0.05, 0) is 36.2 Å². The monoisotopic (exact) mass is 579 g/mol. The van der Waals surface area contributed by atoms with Crippen molar-refractivity contribution in [3.05, 3.63) is 82.4 Å². The van der Waals surface area contributed by atoms with Crippen molar-refractivity contribution in [2.75, 3.05) is 19.0 Å². The Bertz CT molecular complexity index is 1630. The van der Waals surface area contributed by atoms with E-state index in [4.69, 9.17) is 16.3 Å². The number of fused-ring (bicyclic) bond motifs is 1. The number of carbonyl (C=O) groups excluding carboxylic acids is 2.